The van der Waals surface area contributed by atoms with Crippen molar-refractivity contribution in [3.63, 3.8) is 0 Å². The maximum absolute atomic E-state index is 11.8. The maximum Gasteiger partial charge on any atom is 0.225 e. The number of carbonyl (C=O) groups is 1. The summed E-state index contributed by atoms with van der Waals surface area (Å²) in [5.41, 5.74) is 1.78. The van der Waals surface area contributed by atoms with Crippen LogP contribution in [0, 0.1) is 12.3 Å². The monoisotopic (exact) mass is 303 g/mol. The van der Waals surface area contributed by atoms with Crippen LogP contribution in [-0.2, 0) is 11.2 Å². The molecule has 1 amide bonds. The van der Waals surface area contributed by atoms with Crippen LogP contribution in [0.25, 0.3) is 10.6 Å². The van der Waals surface area contributed by atoms with Crippen molar-refractivity contribution in [2.45, 2.75) is 34.1 Å². The summed E-state index contributed by atoms with van der Waals surface area (Å²) in [5, 5.41) is 3.98. The van der Waals surface area contributed by atoms with Crippen molar-refractivity contribution in [2.75, 3.05) is 6.54 Å². The van der Waals surface area contributed by atoms with Gasteiger partial charge in [0, 0.05) is 41.2 Å². The second-order valence-electron chi connectivity index (χ2n) is 6.02. The Bertz CT molecular complexity index is 614. The molecule has 0 aromatic carbocycles. The molecule has 0 radical (unpaired) electrons. The smallest absolute Gasteiger partial charge is 0.225 e. The Kier molecular flexibility index (Phi) is 4.73. The Balaban J connectivity index is 1.99. The minimum absolute atomic E-state index is 0.0824. The molecule has 0 saturated carbocycles. The summed E-state index contributed by atoms with van der Waals surface area (Å²) in [7, 11) is 0. The number of hydrogen-bond donors (Lipinski definition) is 1. The molecule has 1 N–H and O–H groups in total. The predicted molar refractivity (Wildman–Crippen MR) is 86.3 cm³/mol. The number of aromatic nitrogens is 2. The molecule has 0 aliphatic rings. The van der Waals surface area contributed by atoms with Gasteiger partial charge in [0.25, 0.3) is 0 Å². The minimum Gasteiger partial charge on any atom is -0.355 e. The van der Waals surface area contributed by atoms with Gasteiger partial charge in [-0.05, 0) is 19.1 Å². The topological polar surface area (TPSA) is 54.9 Å². The lowest BCUT2D eigenvalue weighted by Crippen LogP contribution is -2.35. The third-order valence-electron chi connectivity index (χ3n) is 3.14. The van der Waals surface area contributed by atoms with Crippen molar-refractivity contribution < 1.29 is 4.79 Å². The normalized spacial score (nSPS) is 11.4. The molecular formula is C16H21N3OS. The lowest BCUT2D eigenvalue weighted by molar-refractivity contribution is -0.128. The highest BCUT2D eigenvalue weighted by Crippen LogP contribution is 2.27. The van der Waals surface area contributed by atoms with E-state index in [0.717, 1.165) is 22.7 Å². The van der Waals surface area contributed by atoms with Gasteiger partial charge in [-0.25, -0.2) is 4.98 Å². The molecule has 112 valence electrons. The average Bonchev–Trinajstić information content (AvgIpc) is 2.80. The van der Waals surface area contributed by atoms with E-state index < -0.39 is 0 Å². The number of rotatable bonds is 4. The van der Waals surface area contributed by atoms with E-state index in [1.54, 1.807) is 23.7 Å². The first-order chi connectivity index (χ1) is 9.88. The van der Waals surface area contributed by atoms with Crippen LogP contribution in [0.2, 0.25) is 0 Å². The highest BCUT2D eigenvalue weighted by atomic mass is 32.1. The first-order valence-corrected chi connectivity index (χ1v) is 7.84. The second-order valence-corrected chi connectivity index (χ2v) is 7.10. The molecule has 0 aliphatic carbocycles. The predicted octanol–water partition coefficient (Wildman–Crippen LogP) is 3.22. The second kappa shape index (κ2) is 6.35. The summed E-state index contributed by atoms with van der Waals surface area (Å²) in [6.07, 6.45) is 4.36. The van der Waals surface area contributed by atoms with Gasteiger partial charge in [-0.1, -0.05) is 20.8 Å². The molecule has 0 unspecified atom stereocenters. The van der Waals surface area contributed by atoms with E-state index in [9.17, 15) is 4.79 Å². The van der Waals surface area contributed by atoms with Gasteiger partial charge in [-0.15, -0.1) is 11.3 Å². The molecule has 2 aromatic rings. The van der Waals surface area contributed by atoms with Crippen molar-refractivity contribution in [3.8, 4) is 10.6 Å². The zero-order chi connectivity index (χ0) is 15.5. The summed E-state index contributed by atoms with van der Waals surface area (Å²) in [5.74, 6) is 0.0824. The zero-order valence-corrected chi connectivity index (χ0v) is 13.8. The molecule has 21 heavy (non-hydrogen) atoms. The number of aryl methyl sites for hydroxylation is 1. The van der Waals surface area contributed by atoms with E-state index in [-0.39, 0.29) is 11.3 Å². The third kappa shape index (κ3) is 4.11. The van der Waals surface area contributed by atoms with Crippen LogP contribution in [0.15, 0.2) is 24.5 Å². The van der Waals surface area contributed by atoms with Crippen LogP contribution >= 0.6 is 11.3 Å². The highest BCUT2D eigenvalue weighted by molar-refractivity contribution is 7.15. The van der Waals surface area contributed by atoms with Crippen LogP contribution < -0.4 is 5.32 Å². The van der Waals surface area contributed by atoms with E-state index in [1.807, 2.05) is 39.8 Å². The minimum atomic E-state index is -0.342. The van der Waals surface area contributed by atoms with Gasteiger partial charge in [0.15, 0.2) is 0 Å². The summed E-state index contributed by atoms with van der Waals surface area (Å²) in [6.45, 7) is 8.42. The first kappa shape index (κ1) is 15.6. The SMILES string of the molecule is Cc1nc(-c2ccncc2)sc1CCNC(=O)C(C)(C)C. The molecule has 0 atom stereocenters. The summed E-state index contributed by atoms with van der Waals surface area (Å²) in [6, 6.07) is 3.92. The zero-order valence-electron chi connectivity index (χ0n) is 12.9. The molecule has 4 nitrogen and oxygen atoms in total. The number of pyridine rings is 1. The standard InChI is InChI=1S/C16H21N3OS/c1-11-13(7-10-18-15(20)16(2,3)4)21-14(19-11)12-5-8-17-9-6-12/h5-6,8-9H,7,10H2,1-4H3,(H,18,20). The Morgan fingerprint density at radius 1 is 1.29 bits per heavy atom. The van der Waals surface area contributed by atoms with Crippen LogP contribution in [0.5, 0.6) is 0 Å². The molecular weight excluding hydrogens is 282 g/mol. The van der Waals surface area contributed by atoms with E-state index in [4.69, 9.17) is 0 Å². The van der Waals surface area contributed by atoms with E-state index in [0.29, 0.717) is 6.54 Å². The molecule has 0 aliphatic heterocycles. The largest absolute Gasteiger partial charge is 0.355 e. The molecule has 0 fully saturated rings. The highest BCUT2D eigenvalue weighted by Gasteiger charge is 2.20. The third-order valence-corrected chi connectivity index (χ3v) is 4.41. The van der Waals surface area contributed by atoms with Crippen molar-refractivity contribution in [2.24, 2.45) is 5.41 Å². The lowest BCUT2D eigenvalue weighted by Gasteiger charge is -2.17. The number of thiazole rings is 1. The Hall–Kier alpha value is -1.75. The maximum atomic E-state index is 11.8. The number of amides is 1. The Morgan fingerprint density at radius 2 is 1.95 bits per heavy atom. The summed E-state index contributed by atoms with van der Waals surface area (Å²) in [4.78, 5) is 21.7. The van der Waals surface area contributed by atoms with Gasteiger partial charge < -0.3 is 5.32 Å². The Morgan fingerprint density at radius 3 is 2.57 bits per heavy atom. The Labute approximate surface area is 129 Å². The fourth-order valence-corrected chi connectivity index (χ4v) is 2.90. The van der Waals surface area contributed by atoms with Gasteiger partial charge >= 0.3 is 0 Å². The molecule has 5 heteroatoms. The summed E-state index contributed by atoms with van der Waals surface area (Å²) < 4.78 is 0. The number of nitrogens with zero attached hydrogens (tertiary/aromatic N) is 2. The van der Waals surface area contributed by atoms with Gasteiger partial charge in [-0.2, -0.15) is 0 Å². The van der Waals surface area contributed by atoms with Crippen molar-refractivity contribution in [3.05, 3.63) is 35.1 Å². The summed E-state index contributed by atoms with van der Waals surface area (Å²) >= 11 is 1.68. The van der Waals surface area contributed by atoms with E-state index in [1.165, 1.54) is 4.88 Å². The molecule has 0 bridgehead atoms. The fraction of sp³-hybridized carbons (Fsp3) is 0.438. The van der Waals surface area contributed by atoms with Gasteiger partial charge in [-0.3, -0.25) is 9.78 Å². The fourth-order valence-electron chi connectivity index (χ4n) is 1.83. The number of nitrogens with one attached hydrogen (secondary N) is 1. The van der Waals surface area contributed by atoms with Gasteiger partial charge in [0.1, 0.15) is 5.01 Å². The van der Waals surface area contributed by atoms with Gasteiger partial charge in [0.2, 0.25) is 5.91 Å². The van der Waals surface area contributed by atoms with Crippen molar-refractivity contribution in [1.29, 1.82) is 0 Å². The molecule has 2 rings (SSSR count). The van der Waals surface area contributed by atoms with Crippen LogP contribution in [0.4, 0.5) is 0 Å². The molecule has 2 aromatic heterocycles. The van der Waals surface area contributed by atoms with Crippen molar-refractivity contribution >= 4 is 17.2 Å². The average molecular weight is 303 g/mol. The number of hydrogen-bond acceptors (Lipinski definition) is 4. The molecule has 2 heterocycles. The van der Waals surface area contributed by atoms with Crippen LogP contribution in [0.1, 0.15) is 31.3 Å². The number of carbonyl (C=O) groups excluding carboxylic acids is 1. The first-order valence-electron chi connectivity index (χ1n) is 7.03. The van der Waals surface area contributed by atoms with E-state index in [2.05, 4.69) is 15.3 Å². The van der Waals surface area contributed by atoms with Crippen LogP contribution in [0.3, 0.4) is 0 Å². The van der Waals surface area contributed by atoms with Gasteiger partial charge in [0.05, 0.1) is 5.69 Å². The van der Waals surface area contributed by atoms with Crippen molar-refractivity contribution in [1.82, 2.24) is 15.3 Å². The molecule has 0 spiro atoms. The van der Waals surface area contributed by atoms with Crippen LogP contribution in [-0.4, -0.2) is 22.4 Å². The molecule has 0 saturated heterocycles. The van der Waals surface area contributed by atoms with E-state index >= 15 is 0 Å². The lowest BCUT2D eigenvalue weighted by atomic mass is 9.96. The quantitative estimate of drug-likeness (QED) is 0.943.